The number of halogens is 2. The highest BCUT2D eigenvalue weighted by Crippen LogP contribution is 2.26. The summed E-state index contributed by atoms with van der Waals surface area (Å²) in [6.07, 6.45) is 3.37. The summed E-state index contributed by atoms with van der Waals surface area (Å²) in [5.41, 5.74) is -0.699. The van der Waals surface area contributed by atoms with E-state index in [1.54, 1.807) is 12.4 Å². The molecule has 1 saturated carbocycles. The van der Waals surface area contributed by atoms with E-state index in [9.17, 15) is 18.4 Å². The van der Waals surface area contributed by atoms with Gasteiger partial charge in [0, 0.05) is 37.3 Å². The molecule has 0 aliphatic heterocycles. The normalized spacial score (nSPS) is 17.3. The quantitative estimate of drug-likeness (QED) is 0.405. The van der Waals surface area contributed by atoms with Crippen molar-refractivity contribution in [3.05, 3.63) is 57.8 Å². The number of rotatable bonds is 6. The zero-order valence-electron chi connectivity index (χ0n) is 16.5. The van der Waals surface area contributed by atoms with Gasteiger partial charge in [0.1, 0.15) is 29.1 Å². The molecule has 4 heterocycles. The lowest BCUT2D eigenvalue weighted by atomic mass is 10.3. The number of nitrogens with one attached hydrogen (secondary N) is 3. The van der Waals surface area contributed by atoms with Gasteiger partial charge in [-0.25, -0.2) is 18.7 Å². The number of fused-ring (bicyclic) bond motifs is 1. The molecule has 2 atom stereocenters. The number of amides is 1. The summed E-state index contributed by atoms with van der Waals surface area (Å²) < 4.78 is 30.3. The molecule has 3 N–H and O–H groups in total. The zero-order chi connectivity index (χ0) is 22.4. The third-order valence-corrected chi connectivity index (χ3v) is 5.69. The van der Waals surface area contributed by atoms with E-state index < -0.39 is 29.5 Å². The van der Waals surface area contributed by atoms with Gasteiger partial charge < -0.3 is 16.0 Å². The molecule has 1 fully saturated rings. The lowest BCUT2D eigenvalue weighted by Gasteiger charge is -2.11. The molecule has 164 valence electrons. The average Bonchev–Trinajstić information content (AvgIpc) is 3.18. The number of alkyl halides is 1. The second kappa shape index (κ2) is 7.67. The summed E-state index contributed by atoms with van der Waals surface area (Å²) in [7, 11) is 1.64. The Labute approximate surface area is 182 Å². The summed E-state index contributed by atoms with van der Waals surface area (Å²) in [5.74, 6) is -0.749. The molecule has 0 aromatic carbocycles. The molecule has 13 heteroatoms. The highest BCUT2D eigenvalue weighted by atomic mass is 32.1. The van der Waals surface area contributed by atoms with Gasteiger partial charge >= 0.3 is 0 Å². The molecule has 1 amide bonds. The van der Waals surface area contributed by atoms with Gasteiger partial charge in [-0.15, -0.1) is 11.3 Å². The van der Waals surface area contributed by atoms with Crippen molar-refractivity contribution >= 4 is 40.2 Å². The fourth-order valence-electron chi connectivity index (χ4n) is 3.17. The zero-order valence-corrected chi connectivity index (χ0v) is 17.4. The minimum Gasteiger partial charge on any atom is -0.373 e. The van der Waals surface area contributed by atoms with Crippen LogP contribution in [0, 0.1) is 5.82 Å². The maximum atomic E-state index is 14.5. The Hall–Kier alpha value is -3.87. The van der Waals surface area contributed by atoms with Crippen molar-refractivity contribution in [2.24, 2.45) is 0 Å². The highest BCUT2D eigenvalue weighted by Gasteiger charge is 2.39. The van der Waals surface area contributed by atoms with E-state index in [1.807, 2.05) is 0 Å². The molecule has 1 aliphatic rings. The first kappa shape index (κ1) is 20.1. The van der Waals surface area contributed by atoms with Crippen LogP contribution in [0.3, 0.4) is 0 Å². The van der Waals surface area contributed by atoms with Gasteiger partial charge in [0.15, 0.2) is 16.6 Å². The van der Waals surface area contributed by atoms with Crippen molar-refractivity contribution in [1.82, 2.24) is 29.5 Å². The number of thiazole rings is 1. The van der Waals surface area contributed by atoms with E-state index in [0.717, 1.165) is 6.07 Å². The lowest BCUT2D eigenvalue weighted by molar-refractivity contribution is 0.0949. The minimum atomic E-state index is -1.06. The first-order valence-corrected chi connectivity index (χ1v) is 10.4. The summed E-state index contributed by atoms with van der Waals surface area (Å²) in [5, 5.41) is 14.4. The van der Waals surface area contributed by atoms with E-state index >= 15 is 0 Å². The Morgan fingerprint density at radius 1 is 1.38 bits per heavy atom. The minimum absolute atomic E-state index is 0.110. The molecule has 0 spiro atoms. The van der Waals surface area contributed by atoms with Crippen molar-refractivity contribution < 1.29 is 13.6 Å². The maximum Gasteiger partial charge on any atom is 0.283 e. The standard InChI is InChI=1S/C19H16F2N8O2S/c1-22-14-7-13(26-15-10(20)2-4-28(18(15)31)19-23-3-5-32-19)27-16-9(8-24-29(14)16)17(30)25-12-6-11(12)21/h2-5,7-8,11-12,22H,6H2,1H3,(H,25,30)(H,26,27)/t11-,12+/m1/s1. The van der Waals surface area contributed by atoms with E-state index in [-0.39, 0.29) is 29.1 Å². The molecule has 10 nitrogen and oxygen atoms in total. The van der Waals surface area contributed by atoms with Crippen LogP contribution in [0.5, 0.6) is 0 Å². The van der Waals surface area contributed by atoms with Crippen molar-refractivity contribution in [1.29, 1.82) is 0 Å². The number of carbonyl (C=O) groups is 1. The molecule has 0 radical (unpaired) electrons. The number of carbonyl (C=O) groups excluding carboxylic acids is 1. The topological polar surface area (TPSA) is 118 Å². The number of nitrogens with zero attached hydrogens (tertiary/aromatic N) is 5. The monoisotopic (exact) mass is 458 g/mol. The van der Waals surface area contributed by atoms with Crippen LogP contribution in [0.1, 0.15) is 16.8 Å². The third kappa shape index (κ3) is 3.45. The van der Waals surface area contributed by atoms with Gasteiger partial charge in [0.2, 0.25) is 0 Å². The van der Waals surface area contributed by atoms with E-state index in [2.05, 4.69) is 31.0 Å². The Balaban J connectivity index is 1.55. The number of hydrogen-bond acceptors (Lipinski definition) is 8. The lowest BCUT2D eigenvalue weighted by Crippen LogP contribution is -2.27. The van der Waals surface area contributed by atoms with Gasteiger partial charge in [-0.3, -0.25) is 14.2 Å². The Kier molecular flexibility index (Phi) is 4.81. The van der Waals surface area contributed by atoms with Crippen LogP contribution < -0.4 is 21.5 Å². The molecule has 32 heavy (non-hydrogen) atoms. The summed E-state index contributed by atoms with van der Waals surface area (Å²) in [6, 6.07) is 2.13. The summed E-state index contributed by atoms with van der Waals surface area (Å²) >= 11 is 1.23. The Morgan fingerprint density at radius 2 is 2.19 bits per heavy atom. The summed E-state index contributed by atoms with van der Waals surface area (Å²) in [4.78, 5) is 33.8. The van der Waals surface area contributed by atoms with Crippen LogP contribution >= 0.6 is 11.3 Å². The first-order chi connectivity index (χ1) is 15.5. The Morgan fingerprint density at radius 3 is 2.88 bits per heavy atom. The average molecular weight is 458 g/mol. The van der Waals surface area contributed by atoms with Crippen LogP contribution in [0.25, 0.3) is 10.8 Å². The SMILES string of the molecule is CNc1cc(Nc2c(F)ccn(-c3nccs3)c2=O)nc2c(C(=O)N[C@H]3C[C@H]3F)cnn12. The number of anilines is 3. The predicted octanol–water partition coefficient (Wildman–Crippen LogP) is 2.10. The largest absolute Gasteiger partial charge is 0.373 e. The fourth-order valence-corrected chi connectivity index (χ4v) is 3.79. The van der Waals surface area contributed by atoms with Gasteiger partial charge in [0.05, 0.1) is 12.2 Å². The van der Waals surface area contributed by atoms with Crippen LogP contribution in [-0.2, 0) is 0 Å². The number of aromatic nitrogens is 5. The fraction of sp³-hybridized carbons (Fsp3) is 0.211. The molecule has 4 aromatic heterocycles. The molecule has 1 aliphatic carbocycles. The predicted molar refractivity (Wildman–Crippen MR) is 114 cm³/mol. The van der Waals surface area contributed by atoms with Crippen molar-refractivity contribution in [3.8, 4) is 5.13 Å². The van der Waals surface area contributed by atoms with Crippen molar-refractivity contribution in [3.63, 3.8) is 0 Å². The van der Waals surface area contributed by atoms with Crippen LogP contribution in [0.4, 0.5) is 26.1 Å². The van der Waals surface area contributed by atoms with Crippen molar-refractivity contribution in [2.75, 3.05) is 17.7 Å². The molecule has 4 aromatic rings. The Bertz CT molecular complexity index is 1380. The van der Waals surface area contributed by atoms with E-state index in [4.69, 9.17) is 0 Å². The van der Waals surface area contributed by atoms with Gasteiger partial charge in [-0.1, -0.05) is 0 Å². The number of pyridine rings is 1. The summed E-state index contributed by atoms with van der Waals surface area (Å²) in [6.45, 7) is 0. The van der Waals surface area contributed by atoms with Gasteiger partial charge in [-0.2, -0.15) is 9.61 Å². The second-order valence-corrected chi connectivity index (χ2v) is 7.93. The van der Waals surface area contributed by atoms with Crippen LogP contribution in [0.15, 0.2) is 40.9 Å². The van der Waals surface area contributed by atoms with E-state index in [1.165, 1.54) is 45.1 Å². The molecular formula is C19H16F2N8O2S. The van der Waals surface area contributed by atoms with Crippen LogP contribution in [-0.4, -0.2) is 49.3 Å². The smallest absolute Gasteiger partial charge is 0.283 e. The molecular weight excluding hydrogens is 442 g/mol. The van der Waals surface area contributed by atoms with Gasteiger partial charge in [-0.05, 0) is 6.07 Å². The first-order valence-electron chi connectivity index (χ1n) is 9.55. The highest BCUT2D eigenvalue weighted by molar-refractivity contribution is 7.12. The van der Waals surface area contributed by atoms with Gasteiger partial charge in [0.25, 0.3) is 11.5 Å². The van der Waals surface area contributed by atoms with Crippen LogP contribution in [0.2, 0.25) is 0 Å². The molecule has 5 rings (SSSR count). The maximum absolute atomic E-state index is 14.5. The van der Waals surface area contributed by atoms with E-state index in [0.29, 0.717) is 10.9 Å². The number of hydrogen-bond donors (Lipinski definition) is 3. The second-order valence-electron chi connectivity index (χ2n) is 7.06. The molecule has 0 bridgehead atoms. The third-order valence-electron chi connectivity index (χ3n) is 4.92. The van der Waals surface area contributed by atoms with Crippen molar-refractivity contribution in [2.45, 2.75) is 18.6 Å². The molecule has 0 saturated heterocycles. The molecule has 0 unspecified atom stereocenters.